The van der Waals surface area contributed by atoms with Crippen molar-refractivity contribution < 1.29 is 14.3 Å². The van der Waals surface area contributed by atoms with Crippen LogP contribution in [0.4, 0.5) is 0 Å². The molecular formula is C22H28N2O3. The molecule has 2 amide bonds. The van der Waals surface area contributed by atoms with Crippen molar-refractivity contribution in [1.29, 1.82) is 0 Å². The maximum absolute atomic E-state index is 12.9. The molecule has 5 heteroatoms. The average Bonchev–Trinajstić information content (AvgIpc) is 2.67. The number of carbonyl (C=O) groups is 2. The van der Waals surface area contributed by atoms with Gasteiger partial charge in [-0.25, -0.2) is 0 Å². The minimum Gasteiger partial charge on any atom is -0.483 e. The van der Waals surface area contributed by atoms with Crippen LogP contribution in [0.3, 0.4) is 0 Å². The Morgan fingerprint density at radius 2 is 1.78 bits per heavy atom. The molecule has 1 N–H and O–H groups in total. The number of benzene rings is 2. The first-order valence-corrected chi connectivity index (χ1v) is 9.09. The Bertz CT molecular complexity index is 803. The maximum Gasteiger partial charge on any atom is 0.261 e. The van der Waals surface area contributed by atoms with Crippen LogP contribution in [0, 0.1) is 20.8 Å². The second-order valence-corrected chi connectivity index (χ2v) is 6.79. The van der Waals surface area contributed by atoms with E-state index in [0.717, 1.165) is 22.3 Å². The summed E-state index contributed by atoms with van der Waals surface area (Å²) in [4.78, 5) is 26.6. The topological polar surface area (TPSA) is 58.6 Å². The van der Waals surface area contributed by atoms with Gasteiger partial charge in [0, 0.05) is 13.6 Å². The smallest absolute Gasteiger partial charge is 0.261 e. The van der Waals surface area contributed by atoms with Crippen molar-refractivity contribution in [1.82, 2.24) is 10.2 Å². The highest BCUT2D eigenvalue weighted by atomic mass is 16.5. The molecule has 0 aliphatic rings. The van der Waals surface area contributed by atoms with Gasteiger partial charge >= 0.3 is 0 Å². The molecule has 5 nitrogen and oxygen atoms in total. The Hall–Kier alpha value is -2.82. The molecule has 0 aromatic heterocycles. The number of nitrogens with one attached hydrogen (secondary N) is 1. The molecule has 0 radical (unpaired) electrons. The van der Waals surface area contributed by atoms with Crippen molar-refractivity contribution in [3.05, 3.63) is 64.7 Å². The second-order valence-electron chi connectivity index (χ2n) is 6.79. The highest BCUT2D eigenvalue weighted by molar-refractivity contribution is 5.87. The number of hydrogen-bond donors (Lipinski definition) is 1. The molecule has 0 saturated heterocycles. The van der Waals surface area contributed by atoms with E-state index in [4.69, 9.17) is 4.74 Å². The van der Waals surface area contributed by atoms with Gasteiger partial charge in [-0.1, -0.05) is 36.4 Å². The Kier molecular flexibility index (Phi) is 6.99. The number of aryl methyl sites for hydroxylation is 2. The van der Waals surface area contributed by atoms with Crippen LogP contribution in [0.15, 0.2) is 42.5 Å². The summed E-state index contributed by atoms with van der Waals surface area (Å²) in [5.74, 6) is 0.267. The lowest BCUT2D eigenvalue weighted by atomic mass is 10.1. The molecular weight excluding hydrogens is 340 g/mol. The van der Waals surface area contributed by atoms with E-state index in [1.165, 1.54) is 0 Å². The number of hydrogen-bond acceptors (Lipinski definition) is 3. The molecule has 2 aromatic rings. The molecule has 2 aromatic carbocycles. The highest BCUT2D eigenvalue weighted by Gasteiger charge is 2.26. The Morgan fingerprint density at radius 3 is 2.41 bits per heavy atom. The van der Waals surface area contributed by atoms with Gasteiger partial charge in [0.25, 0.3) is 5.91 Å². The van der Waals surface area contributed by atoms with Crippen LogP contribution < -0.4 is 10.1 Å². The van der Waals surface area contributed by atoms with Crippen molar-refractivity contribution in [2.24, 2.45) is 0 Å². The number of rotatable bonds is 7. The fourth-order valence-corrected chi connectivity index (χ4v) is 2.94. The monoisotopic (exact) mass is 368 g/mol. The lowest BCUT2D eigenvalue weighted by molar-refractivity contribution is -0.142. The first-order chi connectivity index (χ1) is 12.8. The van der Waals surface area contributed by atoms with Crippen LogP contribution >= 0.6 is 0 Å². The number of nitrogens with zero attached hydrogens (tertiary/aromatic N) is 1. The predicted octanol–water partition coefficient (Wildman–Crippen LogP) is 3.15. The van der Waals surface area contributed by atoms with E-state index in [0.29, 0.717) is 12.3 Å². The maximum atomic E-state index is 12.9. The van der Waals surface area contributed by atoms with Gasteiger partial charge in [-0.3, -0.25) is 9.59 Å². The van der Waals surface area contributed by atoms with Crippen LogP contribution in [0.25, 0.3) is 0 Å². The SMILES string of the molecule is CNC(=O)C(C)N(Cc1ccccc1)C(=O)COc1cc(C)cc(C)c1C. The van der Waals surface area contributed by atoms with E-state index in [9.17, 15) is 9.59 Å². The van der Waals surface area contributed by atoms with E-state index in [1.54, 1.807) is 18.9 Å². The summed E-state index contributed by atoms with van der Waals surface area (Å²) in [7, 11) is 1.57. The molecule has 0 bridgehead atoms. The number of carbonyl (C=O) groups excluding carboxylic acids is 2. The Balaban J connectivity index is 2.17. The van der Waals surface area contributed by atoms with Gasteiger partial charge in [-0.05, 0) is 56.0 Å². The summed E-state index contributed by atoms with van der Waals surface area (Å²) in [6, 6.07) is 13.0. The van der Waals surface area contributed by atoms with Gasteiger partial charge in [0.1, 0.15) is 11.8 Å². The fourth-order valence-electron chi connectivity index (χ4n) is 2.94. The van der Waals surface area contributed by atoms with Crippen LogP contribution in [0.5, 0.6) is 5.75 Å². The molecule has 27 heavy (non-hydrogen) atoms. The Labute approximate surface area is 161 Å². The first kappa shape index (κ1) is 20.5. The van der Waals surface area contributed by atoms with Gasteiger partial charge in [-0.15, -0.1) is 0 Å². The molecule has 0 heterocycles. The largest absolute Gasteiger partial charge is 0.483 e. The van der Waals surface area contributed by atoms with Gasteiger partial charge in [0.2, 0.25) is 5.91 Å². The zero-order valence-electron chi connectivity index (χ0n) is 16.7. The number of likely N-dealkylation sites (N-methyl/N-ethyl adjacent to an activating group) is 1. The zero-order chi connectivity index (χ0) is 20.0. The highest BCUT2D eigenvalue weighted by Crippen LogP contribution is 2.23. The number of ether oxygens (including phenoxy) is 1. The standard InChI is InChI=1S/C22H28N2O3/c1-15-11-16(2)17(3)20(12-15)27-14-21(25)24(18(4)22(26)23-5)13-19-9-7-6-8-10-19/h6-12,18H,13-14H2,1-5H3,(H,23,26). The molecule has 0 aliphatic heterocycles. The normalized spacial score (nSPS) is 11.6. The summed E-state index contributed by atoms with van der Waals surface area (Å²) in [5, 5.41) is 2.61. The molecule has 2 rings (SSSR count). The van der Waals surface area contributed by atoms with Crippen molar-refractivity contribution in [2.45, 2.75) is 40.3 Å². The van der Waals surface area contributed by atoms with E-state index >= 15 is 0 Å². The van der Waals surface area contributed by atoms with Gasteiger partial charge < -0.3 is 15.0 Å². The molecule has 0 aliphatic carbocycles. The van der Waals surface area contributed by atoms with E-state index in [2.05, 4.69) is 11.4 Å². The summed E-state index contributed by atoms with van der Waals surface area (Å²) in [6.07, 6.45) is 0. The molecule has 0 spiro atoms. The summed E-state index contributed by atoms with van der Waals surface area (Å²) < 4.78 is 5.82. The first-order valence-electron chi connectivity index (χ1n) is 9.09. The molecule has 1 unspecified atom stereocenters. The fraction of sp³-hybridized carbons (Fsp3) is 0.364. The molecule has 144 valence electrons. The minimum atomic E-state index is -0.591. The van der Waals surface area contributed by atoms with E-state index in [1.807, 2.05) is 57.2 Å². The van der Waals surface area contributed by atoms with Gasteiger partial charge in [-0.2, -0.15) is 0 Å². The molecule has 1 atom stereocenters. The quantitative estimate of drug-likeness (QED) is 0.817. The van der Waals surface area contributed by atoms with E-state index < -0.39 is 6.04 Å². The third kappa shape index (κ3) is 5.33. The van der Waals surface area contributed by atoms with Crippen molar-refractivity contribution >= 4 is 11.8 Å². The van der Waals surface area contributed by atoms with Crippen molar-refractivity contribution in [3.8, 4) is 5.75 Å². The summed E-state index contributed by atoms with van der Waals surface area (Å²) >= 11 is 0. The third-order valence-electron chi connectivity index (χ3n) is 4.72. The lowest BCUT2D eigenvalue weighted by Gasteiger charge is -2.28. The molecule has 0 saturated carbocycles. The average molecular weight is 368 g/mol. The van der Waals surface area contributed by atoms with Crippen molar-refractivity contribution in [3.63, 3.8) is 0 Å². The lowest BCUT2D eigenvalue weighted by Crippen LogP contribution is -2.48. The van der Waals surface area contributed by atoms with Crippen LogP contribution in [-0.4, -0.2) is 36.4 Å². The Morgan fingerprint density at radius 1 is 1.11 bits per heavy atom. The molecule has 0 fully saturated rings. The minimum absolute atomic E-state index is 0.113. The van der Waals surface area contributed by atoms with Crippen LogP contribution in [-0.2, 0) is 16.1 Å². The number of amides is 2. The van der Waals surface area contributed by atoms with Crippen molar-refractivity contribution in [2.75, 3.05) is 13.7 Å². The summed E-state index contributed by atoms with van der Waals surface area (Å²) in [6.45, 7) is 7.95. The third-order valence-corrected chi connectivity index (χ3v) is 4.72. The van der Waals surface area contributed by atoms with Gasteiger partial charge in [0.05, 0.1) is 0 Å². The summed E-state index contributed by atoms with van der Waals surface area (Å²) in [5.41, 5.74) is 4.18. The van der Waals surface area contributed by atoms with Crippen LogP contribution in [0.1, 0.15) is 29.2 Å². The van der Waals surface area contributed by atoms with Crippen LogP contribution in [0.2, 0.25) is 0 Å². The van der Waals surface area contributed by atoms with E-state index in [-0.39, 0.29) is 18.4 Å². The van der Waals surface area contributed by atoms with Gasteiger partial charge in [0.15, 0.2) is 6.61 Å². The predicted molar refractivity (Wildman–Crippen MR) is 107 cm³/mol. The second kappa shape index (κ2) is 9.21. The zero-order valence-corrected chi connectivity index (χ0v) is 16.7.